The minimum Gasteiger partial charge on any atom is -0.497 e. The zero-order valence-electron chi connectivity index (χ0n) is 14.6. The van der Waals surface area contributed by atoms with Gasteiger partial charge in [-0.1, -0.05) is 6.07 Å². The van der Waals surface area contributed by atoms with Gasteiger partial charge in [0.1, 0.15) is 17.9 Å². The summed E-state index contributed by atoms with van der Waals surface area (Å²) in [6, 6.07) is 8.80. The number of benzene rings is 1. The van der Waals surface area contributed by atoms with Gasteiger partial charge in [-0.25, -0.2) is 5.43 Å². The van der Waals surface area contributed by atoms with Gasteiger partial charge in [0, 0.05) is 24.5 Å². The first-order chi connectivity index (χ1) is 12.6. The van der Waals surface area contributed by atoms with Crippen LogP contribution in [-0.4, -0.2) is 37.2 Å². The van der Waals surface area contributed by atoms with E-state index in [-0.39, 0.29) is 6.42 Å². The van der Waals surface area contributed by atoms with Crippen LogP contribution in [0.2, 0.25) is 0 Å². The molecular weight excluding hydrogens is 336 g/mol. The number of hydrogen-bond donors (Lipinski definition) is 2. The lowest BCUT2D eigenvalue weighted by atomic mass is 10.2. The molecular formula is C18H20N4O4. The molecule has 0 radical (unpaired) electrons. The zero-order valence-corrected chi connectivity index (χ0v) is 14.6. The van der Waals surface area contributed by atoms with Crippen LogP contribution in [0.25, 0.3) is 0 Å². The van der Waals surface area contributed by atoms with Gasteiger partial charge >= 0.3 is 0 Å². The van der Waals surface area contributed by atoms with Crippen LogP contribution in [0.15, 0.2) is 47.8 Å². The minimum absolute atomic E-state index is 0.310. The van der Waals surface area contributed by atoms with Gasteiger partial charge in [-0.2, -0.15) is 5.10 Å². The predicted octanol–water partition coefficient (Wildman–Crippen LogP) is 1.26. The summed E-state index contributed by atoms with van der Waals surface area (Å²) in [7, 11) is 3.08. The SMILES string of the molecule is COc1ccc(OC)c(/C=N\NC(=O)CC(=O)NCc2cccnc2)c1. The standard InChI is InChI=1S/C18H20N4O4/c1-25-15-5-6-16(26-2)14(8-15)12-21-22-18(24)9-17(23)20-11-13-4-3-7-19-10-13/h3-8,10,12H,9,11H2,1-2H3,(H,20,23)(H,22,24)/b21-12-. The van der Waals surface area contributed by atoms with Gasteiger partial charge < -0.3 is 14.8 Å². The van der Waals surface area contributed by atoms with Crippen LogP contribution in [0.1, 0.15) is 17.5 Å². The van der Waals surface area contributed by atoms with E-state index in [2.05, 4.69) is 20.8 Å². The Bertz CT molecular complexity index is 778. The fourth-order valence-corrected chi connectivity index (χ4v) is 2.07. The first-order valence-electron chi connectivity index (χ1n) is 7.82. The molecule has 2 aromatic rings. The molecule has 1 aromatic carbocycles. The Balaban J connectivity index is 1.82. The van der Waals surface area contributed by atoms with Crippen LogP contribution < -0.4 is 20.2 Å². The molecule has 0 atom stereocenters. The fourth-order valence-electron chi connectivity index (χ4n) is 2.07. The molecule has 0 bridgehead atoms. The molecule has 2 N–H and O–H groups in total. The summed E-state index contributed by atoms with van der Waals surface area (Å²) < 4.78 is 10.3. The van der Waals surface area contributed by atoms with E-state index in [1.165, 1.54) is 13.3 Å². The average molecular weight is 356 g/mol. The van der Waals surface area contributed by atoms with Crippen molar-refractivity contribution in [2.45, 2.75) is 13.0 Å². The first kappa shape index (κ1) is 18.9. The van der Waals surface area contributed by atoms with Gasteiger partial charge in [0.15, 0.2) is 0 Å². The minimum atomic E-state index is -0.521. The second kappa shape index (κ2) is 9.77. The summed E-state index contributed by atoms with van der Waals surface area (Å²) in [5.74, 6) is 0.290. The Hall–Kier alpha value is -3.42. The van der Waals surface area contributed by atoms with E-state index in [4.69, 9.17) is 9.47 Å². The number of methoxy groups -OCH3 is 2. The molecule has 1 heterocycles. The van der Waals surface area contributed by atoms with Crippen LogP contribution >= 0.6 is 0 Å². The number of ether oxygens (including phenoxy) is 2. The highest BCUT2D eigenvalue weighted by atomic mass is 16.5. The van der Waals surface area contributed by atoms with Crippen molar-refractivity contribution in [1.29, 1.82) is 0 Å². The predicted molar refractivity (Wildman–Crippen MR) is 96.0 cm³/mol. The topological polar surface area (TPSA) is 102 Å². The molecule has 1 aromatic heterocycles. The third kappa shape index (κ3) is 5.90. The quantitative estimate of drug-likeness (QED) is 0.421. The summed E-state index contributed by atoms with van der Waals surface area (Å²) in [5, 5.41) is 6.49. The number of aromatic nitrogens is 1. The lowest BCUT2D eigenvalue weighted by Crippen LogP contribution is -2.29. The molecule has 8 heteroatoms. The molecule has 8 nitrogen and oxygen atoms in total. The molecule has 2 rings (SSSR count). The maximum Gasteiger partial charge on any atom is 0.249 e. The van der Waals surface area contributed by atoms with E-state index in [9.17, 15) is 9.59 Å². The van der Waals surface area contributed by atoms with Crippen molar-refractivity contribution in [2.24, 2.45) is 5.10 Å². The van der Waals surface area contributed by atoms with E-state index in [0.717, 1.165) is 5.56 Å². The Morgan fingerprint density at radius 2 is 2.04 bits per heavy atom. The van der Waals surface area contributed by atoms with Crippen LogP contribution in [0.5, 0.6) is 11.5 Å². The highest BCUT2D eigenvalue weighted by Crippen LogP contribution is 2.22. The average Bonchev–Trinajstić information content (AvgIpc) is 2.67. The molecule has 0 fully saturated rings. The van der Waals surface area contributed by atoms with E-state index >= 15 is 0 Å². The molecule has 0 unspecified atom stereocenters. The lowest BCUT2D eigenvalue weighted by Gasteiger charge is -2.07. The summed E-state index contributed by atoms with van der Waals surface area (Å²) >= 11 is 0. The number of pyridine rings is 1. The number of carbonyl (C=O) groups excluding carboxylic acids is 2. The summed E-state index contributed by atoms with van der Waals surface area (Å²) in [4.78, 5) is 27.5. The Morgan fingerprint density at radius 3 is 2.73 bits per heavy atom. The number of nitrogens with zero attached hydrogens (tertiary/aromatic N) is 2. The first-order valence-corrected chi connectivity index (χ1v) is 7.82. The number of nitrogens with one attached hydrogen (secondary N) is 2. The highest BCUT2D eigenvalue weighted by molar-refractivity contribution is 5.97. The van der Waals surface area contributed by atoms with Crippen molar-refractivity contribution in [3.8, 4) is 11.5 Å². The summed E-state index contributed by atoms with van der Waals surface area (Å²) in [5.41, 5.74) is 3.79. The van der Waals surface area contributed by atoms with Crippen molar-refractivity contribution >= 4 is 18.0 Å². The number of carbonyl (C=O) groups is 2. The van der Waals surface area contributed by atoms with Gasteiger partial charge in [-0.05, 0) is 29.8 Å². The van der Waals surface area contributed by atoms with E-state index in [1.807, 2.05) is 6.07 Å². The molecule has 0 saturated carbocycles. The molecule has 0 aliphatic heterocycles. The van der Waals surface area contributed by atoms with Gasteiger partial charge in [-0.3, -0.25) is 14.6 Å². The number of rotatable bonds is 8. The summed E-state index contributed by atoms with van der Waals surface area (Å²) in [6.45, 7) is 0.310. The summed E-state index contributed by atoms with van der Waals surface area (Å²) in [6.07, 6.45) is 4.39. The number of amides is 2. The van der Waals surface area contributed by atoms with Crippen molar-refractivity contribution in [2.75, 3.05) is 14.2 Å². The normalized spacial score (nSPS) is 10.4. The van der Waals surface area contributed by atoms with Crippen molar-refractivity contribution in [3.05, 3.63) is 53.9 Å². The van der Waals surface area contributed by atoms with Gasteiger partial charge in [0.2, 0.25) is 11.8 Å². The number of hydrogen-bond acceptors (Lipinski definition) is 6. The Morgan fingerprint density at radius 1 is 1.19 bits per heavy atom. The largest absolute Gasteiger partial charge is 0.497 e. The fraction of sp³-hybridized carbons (Fsp3) is 0.222. The van der Waals surface area contributed by atoms with Crippen LogP contribution in [-0.2, 0) is 16.1 Å². The molecule has 0 spiro atoms. The zero-order chi connectivity index (χ0) is 18.8. The molecule has 136 valence electrons. The van der Waals surface area contributed by atoms with Gasteiger partial charge in [0.25, 0.3) is 0 Å². The molecule has 0 saturated heterocycles. The third-order valence-electron chi connectivity index (χ3n) is 3.36. The molecule has 0 aliphatic carbocycles. The Labute approximate surface area is 151 Å². The van der Waals surface area contributed by atoms with E-state index in [1.54, 1.807) is 43.8 Å². The molecule has 0 aliphatic rings. The number of hydrazone groups is 1. The van der Waals surface area contributed by atoms with Crippen molar-refractivity contribution in [3.63, 3.8) is 0 Å². The van der Waals surface area contributed by atoms with E-state index in [0.29, 0.717) is 23.6 Å². The maximum atomic E-state index is 11.8. The van der Waals surface area contributed by atoms with Gasteiger partial charge in [0.05, 0.1) is 20.4 Å². The Kier molecular flexibility index (Phi) is 7.11. The van der Waals surface area contributed by atoms with E-state index < -0.39 is 11.8 Å². The highest BCUT2D eigenvalue weighted by Gasteiger charge is 2.08. The van der Waals surface area contributed by atoms with Crippen LogP contribution in [0, 0.1) is 0 Å². The molecule has 2 amide bonds. The van der Waals surface area contributed by atoms with Crippen LogP contribution in [0.3, 0.4) is 0 Å². The monoisotopic (exact) mass is 356 g/mol. The third-order valence-corrected chi connectivity index (χ3v) is 3.36. The van der Waals surface area contributed by atoms with Crippen molar-refractivity contribution in [1.82, 2.24) is 15.7 Å². The van der Waals surface area contributed by atoms with Crippen molar-refractivity contribution < 1.29 is 19.1 Å². The lowest BCUT2D eigenvalue weighted by molar-refractivity contribution is -0.129. The second-order valence-corrected chi connectivity index (χ2v) is 5.22. The second-order valence-electron chi connectivity index (χ2n) is 5.22. The van der Waals surface area contributed by atoms with Crippen LogP contribution in [0.4, 0.5) is 0 Å². The van der Waals surface area contributed by atoms with Gasteiger partial charge in [-0.15, -0.1) is 0 Å². The molecule has 26 heavy (non-hydrogen) atoms. The maximum absolute atomic E-state index is 11.8. The smallest absolute Gasteiger partial charge is 0.249 e.